The van der Waals surface area contributed by atoms with Crippen molar-refractivity contribution in [2.24, 2.45) is 5.73 Å². The minimum atomic E-state index is -0.293. The number of benzene rings is 1. The van der Waals surface area contributed by atoms with Gasteiger partial charge in [0, 0.05) is 12.6 Å². The molecule has 1 aromatic carbocycles. The van der Waals surface area contributed by atoms with Crippen LogP contribution in [0.4, 0.5) is 4.39 Å². The summed E-state index contributed by atoms with van der Waals surface area (Å²) in [6.45, 7) is 6.54. The molecule has 2 N–H and O–H groups in total. The van der Waals surface area contributed by atoms with Crippen LogP contribution in [-0.4, -0.2) is 9.55 Å². The Morgan fingerprint density at radius 3 is 2.53 bits per heavy atom. The Labute approximate surface area is 112 Å². The van der Waals surface area contributed by atoms with Crippen LogP contribution in [0, 0.1) is 12.7 Å². The van der Waals surface area contributed by atoms with E-state index in [-0.39, 0.29) is 11.9 Å². The Morgan fingerprint density at radius 2 is 2.00 bits per heavy atom. The maximum Gasteiger partial charge on any atom is 0.302 e. The predicted molar refractivity (Wildman–Crippen MR) is 71.7 cm³/mol. The molecule has 0 spiro atoms. The van der Waals surface area contributed by atoms with Gasteiger partial charge in [-0.15, -0.1) is 0 Å². The van der Waals surface area contributed by atoms with E-state index in [1.54, 1.807) is 12.1 Å². The maximum absolute atomic E-state index is 12.9. The molecule has 1 heterocycles. The van der Waals surface area contributed by atoms with Gasteiger partial charge in [-0.05, 0) is 45.0 Å². The first-order valence-corrected chi connectivity index (χ1v) is 6.29. The molecule has 1 unspecified atom stereocenters. The van der Waals surface area contributed by atoms with Crippen molar-refractivity contribution in [2.75, 3.05) is 0 Å². The minimum Gasteiger partial charge on any atom is -0.426 e. The monoisotopic (exact) mass is 263 g/mol. The summed E-state index contributed by atoms with van der Waals surface area (Å²) < 4.78 is 20.5. The number of rotatable bonds is 4. The third-order valence-electron chi connectivity index (χ3n) is 2.93. The molecule has 0 aliphatic heterocycles. The molecule has 4 nitrogen and oxygen atoms in total. The summed E-state index contributed by atoms with van der Waals surface area (Å²) in [7, 11) is 0. The molecule has 0 bridgehead atoms. The van der Waals surface area contributed by atoms with E-state index in [1.165, 1.54) is 12.1 Å². The number of ether oxygens (including phenoxy) is 1. The van der Waals surface area contributed by atoms with Crippen molar-refractivity contribution in [3.05, 3.63) is 41.5 Å². The lowest BCUT2D eigenvalue weighted by Gasteiger charge is -2.12. The van der Waals surface area contributed by atoms with E-state index in [4.69, 9.17) is 10.5 Å². The van der Waals surface area contributed by atoms with Gasteiger partial charge in [0.15, 0.2) is 0 Å². The molecule has 1 atom stereocenters. The van der Waals surface area contributed by atoms with Crippen molar-refractivity contribution in [3.63, 3.8) is 0 Å². The fourth-order valence-electron chi connectivity index (χ4n) is 2.13. The highest BCUT2D eigenvalue weighted by atomic mass is 19.1. The van der Waals surface area contributed by atoms with Crippen LogP contribution >= 0.6 is 0 Å². The quantitative estimate of drug-likeness (QED) is 0.921. The molecule has 0 aliphatic carbocycles. The van der Waals surface area contributed by atoms with Gasteiger partial charge in [0.25, 0.3) is 0 Å². The van der Waals surface area contributed by atoms with Crippen LogP contribution in [0.3, 0.4) is 0 Å². The Morgan fingerprint density at radius 1 is 1.37 bits per heavy atom. The van der Waals surface area contributed by atoms with Crippen LogP contribution in [-0.2, 0) is 6.54 Å². The summed E-state index contributed by atoms with van der Waals surface area (Å²) in [6, 6.07) is 6.23. The van der Waals surface area contributed by atoms with Gasteiger partial charge in [0.05, 0.1) is 11.4 Å². The van der Waals surface area contributed by atoms with Crippen molar-refractivity contribution in [2.45, 2.75) is 33.4 Å². The summed E-state index contributed by atoms with van der Waals surface area (Å²) in [5, 5.41) is 0. The Hall–Kier alpha value is -1.88. The van der Waals surface area contributed by atoms with Crippen LogP contribution < -0.4 is 10.5 Å². The Balaban J connectivity index is 2.35. The van der Waals surface area contributed by atoms with Gasteiger partial charge in [-0.25, -0.2) is 4.39 Å². The molecular formula is C14H18FN3O. The third kappa shape index (κ3) is 2.76. The number of nitrogens with zero attached hydrogens (tertiary/aromatic N) is 2. The normalized spacial score (nSPS) is 12.5. The number of hydrogen-bond donors (Lipinski definition) is 1. The molecule has 2 rings (SSSR count). The van der Waals surface area contributed by atoms with Gasteiger partial charge in [0.1, 0.15) is 11.6 Å². The third-order valence-corrected chi connectivity index (χ3v) is 2.93. The number of halogens is 1. The zero-order valence-electron chi connectivity index (χ0n) is 11.4. The summed E-state index contributed by atoms with van der Waals surface area (Å²) in [5.41, 5.74) is 7.77. The summed E-state index contributed by atoms with van der Waals surface area (Å²) in [5.74, 6) is 0.260. The minimum absolute atomic E-state index is 0.113. The zero-order valence-corrected chi connectivity index (χ0v) is 11.4. The lowest BCUT2D eigenvalue weighted by atomic mass is 10.2. The second-order valence-corrected chi connectivity index (χ2v) is 4.45. The van der Waals surface area contributed by atoms with E-state index < -0.39 is 0 Å². The van der Waals surface area contributed by atoms with E-state index in [0.717, 1.165) is 11.4 Å². The molecule has 0 fully saturated rings. The number of nitrogens with two attached hydrogens (primary N) is 1. The second-order valence-electron chi connectivity index (χ2n) is 4.45. The van der Waals surface area contributed by atoms with E-state index in [1.807, 2.05) is 25.3 Å². The smallest absolute Gasteiger partial charge is 0.302 e. The lowest BCUT2D eigenvalue weighted by molar-refractivity contribution is 0.408. The largest absolute Gasteiger partial charge is 0.426 e. The molecule has 0 saturated heterocycles. The molecule has 0 amide bonds. The lowest BCUT2D eigenvalue weighted by Crippen LogP contribution is -2.13. The molecule has 0 aliphatic rings. The molecular weight excluding hydrogens is 245 g/mol. The molecule has 19 heavy (non-hydrogen) atoms. The van der Waals surface area contributed by atoms with E-state index >= 15 is 0 Å². The van der Waals surface area contributed by atoms with Gasteiger partial charge < -0.3 is 10.5 Å². The average molecular weight is 263 g/mol. The highest BCUT2D eigenvalue weighted by Crippen LogP contribution is 2.26. The molecule has 2 aromatic rings. The Kier molecular flexibility index (Phi) is 3.85. The topological polar surface area (TPSA) is 53.1 Å². The maximum atomic E-state index is 12.9. The first-order valence-electron chi connectivity index (χ1n) is 6.29. The molecule has 0 saturated carbocycles. The van der Waals surface area contributed by atoms with Crippen molar-refractivity contribution >= 4 is 0 Å². The van der Waals surface area contributed by atoms with Crippen molar-refractivity contribution in [1.82, 2.24) is 9.55 Å². The zero-order chi connectivity index (χ0) is 14.0. The number of imidazole rings is 1. The van der Waals surface area contributed by atoms with E-state index in [2.05, 4.69) is 4.98 Å². The van der Waals surface area contributed by atoms with Gasteiger partial charge in [0.2, 0.25) is 0 Å². The fourth-order valence-corrected chi connectivity index (χ4v) is 2.13. The summed E-state index contributed by atoms with van der Waals surface area (Å²) in [6.07, 6.45) is 0. The van der Waals surface area contributed by atoms with Crippen molar-refractivity contribution in [1.29, 1.82) is 0 Å². The van der Waals surface area contributed by atoms with Crippen LogP contribution in [0.1, 0.15) is 31.3 Å². The van der Waals surface area contributed by atoms with Crippen LogP contribution in [0.15, 0.2) is 24.3 Å². The van der Waals surface area contributed by atoms with Crippen molar-refractivity contribution in [3.8, 4) is 11.8 Å². The fraction of sp³-hybridized carbons (Fsp3) is 0.357. The average Bonchev–Trinajstić information content (AvgIpc) is 2.68. The predicted octanol–water partition coefficient (Wildman–Crippen LogP) is 3.16. The number of aryl methyl sites for hydroxylation is 1. The van der Waals surface area contributed by atoms with Crippen molar-refractivity contribution < 1.29 is 9.13 Å². The van der Waals surface area contributed by atoms with Crippen LogP contribution in [0.2, 0.25) is 0 Å². The Bertz CT molecular complexity index is 561. The first-order chi connectivity index (χ1) is 9.02. The van der Waals surface area contributed by atoms with Gasteiger partial charge >= 0.3 is 6.01 Å². The number of hydrogen-bond acceptors (Lipinski definition) is 3. The van der Waals surface area contributed by atoms with E-state index in [0.29, 0.717) is 18.3 Å². The highest BCUT2D eigenvalue weighted by molar-refractivity contribution is 5.28. The molecule has 102 valence electrons. The van der Waals surface area contributed by atoms with Gasteiger partial charge in [-0.1, -0.05) is 0 Å². The molecule has 0 radical (unpaired) electrons. The van der Waals surface area contributed by atoms with Gasteiger partial charge in [-0.2, -0.15) is 4.98 Å². The SMILES string of the molecule is CCn1c(Oc2ccc(F)cc2)nc(C)c1C(C)N. The summed E-state index contributed by atoms with van der Waals surface area (Å²) in [4.78, 5) is 4.39. The first kappa shape index (κ1) is 13.5. The van der Waals surface area contributed by atoms with E-state index in [9.17, 15) is 4.39 Å². The number of aromatic nitrogens is 2. The van der Waals surface area contributed by atoms with Crippen LogP contribution in [0.5, 0.6) is 11.8 Å². The second kappa shape index (κ2) is 5.40. The standard InChI is InChI=1S/C14H18FN3O/c1-4-18-13(9(2)16)10(3)17-14(18)19-12-7-5-11(15)6-8-12/h5-9H,4,16H2,1-3H3. The molecule has 5 heteroatoms. The summed E-state index contributed by atoms with van der Waals surface area (Å²) >= 11 is 0. The van der Waals surface area contributed by atoms with Gasteiger partial charge in [-0.3, -0.25) is 4.57 Å². The highest BCUT2D eigenvalue weighted by Gasteiger charge is 2.17. The van der Waals surface area contributed by atoms with Crippen LogP contribution in [0.25, 0.3) is 0 Å². The molecule has 1 aromatic heterocycles.